The van der Waals surface area contributed by atoms with Gasteiger partial charge in [0.2, 0.25) is 5.91 Å². The first kappa shape index (κ1) is 11.8. The molecule has 15 heavy (non-hydrogen) atoms. The van der Waals surface area contributed by atoms with Crippen molar-refractivity contribution in [1.29, 1.82) is 0 Å². The van der Waals surface area contributed by atoms with Crippen molar-refractivity contribution < 1.29 is 22.8 Å². The van der Waals surface area contributed by atoms with Crippen molar-refractivity contribution in [2.75, 3.05) is 6.54 Å². The molecule has 1 heterocycles. The molecule has 0 radical (unpaired) electrons. The van der Waals surface area contributed by atoms with Gasteiger partial charge in [0.1, 0.15) is 6.54 Å². The summed E-state index contributed by atoms with van der Waals surface area (Å²) in [6.07, 6.45) is -4.10. The van der Waals surface area contributed by atoms with E-state index in [0.29, 0.717) is 6.42 Å². The number of nitrogens with one attached hydrogen (secondary N) is 1. The third kappa shape index (κ3) is 3.10. The SMILES string of the molecule is CCC1CC(=O)N(CC(F)(F)F)C(=O)N1. The molecule has 0 spiro atoms. The lowest BCUT2D eigenvalue weighted by molar-refractivity contribution is -0.156. The molecule has 0 saturated carbocycles. The zero-order chi connectivity index (χ0) is 11.6. The largest absolute Gasteiger partial charge is 0.406 e. The van der Waals surface area contributed by atoms with Gasteiger partial charge in [-0.3, -0.25) is 9.69 Å². The van der Waals surface area contributed by atoms with Crippen LogP contribution in [0.2, 0.25) is 0 Å². The van der Waals surface area contributed by atoms with Gasteiger partial charge in [0.15, 0.2) is 0 Å². The molecule has 0 bridgehead atoms. The number of hydrogen-bond donors (Lipinski definition) is 1. The number of carbonyl (C=O) groups is 2. The van der Waals surface area contributed by atoms with Gasteiger partial charge in [-0.2, -0.15) is 13.2 Å². The minimum atomic E-state index is -4.55. The Morgan fingerprint density at radius 1 is 1.47 bits per heavy atom. The van der Waals surface area contributed by atoms with Gasteiger partial charge in [-0.15, -0.1) is 0 Å². The highest BCUT2D eigenvalue weighted by Gasteiger charge is 2.39. The number of hydrogen-bond acceptors (Lipinski definition) is 2. The number of carbonyl (C=O) groups excluding carboxylic acids is 2. The van der Waals surface area contributed by atoms with Crippen LogP contribution in [-0.4, -0.2) is 35.6 Å². The summed E-state index contributed by atoms with van der Waals surface area (Å²) in [6.45, 7) is 0.228. The van der Waals surface area contributed by atoms with Crippen molar-refractivity contribution in [3.05, 3.63) is 0 Å². The predicted molar refractivity (Wildman–Crippen MR) is 45.0 cm³/mol. The average molecular weight is 224 g/mol. The number of rotatable bonds is 2. The maximum absolute atomic E-state index is 12.0. The standard InChI is InChI=1S/C8H11F3N2O2/c1-2-5-3-6(14)13(7(15)12-5)4-8(9,10)11/h5H,2-4H2,1H3,(H,12,15). The number of halogens is 3. The van der Waals surface area contributed by atoms with Gasteiger partial charge in [-0.25, -0.2) is 4.79 Å². The molecule has 86 valence electrons. The van der Waals surface area contributed by atoms with Crippen LogP contribution in [-0.2, 0) is 4.79 Å². The predicted octanol–water partition coefficient (Wildman–Crippen LogP) is 1.27. The first-order valence-corrected chi connectivity index (χ1v) is 4.51. The molecule has 1 aliphatic rings. The summed E-state index contributed by atoms with van der Waals surface area (Å²) in [5, 5.41) is 2.34. The lowest BCUT2D eigenvalue weighted by atomic mass is 10.1. The van der Waals surface area contributed by atoms with Crippen LogP contribution in [0.5, 0.6) is 0 Å². The average Bonchev–Trinajstić information content (AvgIpc) is 2.09. The van der Waals surface area contributed by atoms with E-state index in [-0.39, 0.29) is 17.4 Å². The van der Waals surface area contributed by atoms with Gasteiger partial charge in [0.05, 0.1) is 0 Å². The highest BCUT2D eigenvalue weighted by molar-refractivity contribution is 5.97. The van der Waals surface area contributed by atoms with Crippen LogP contribution < -0.4 is 5.32 Å². The highest BCUT2D eigenvalue weighted by Crippen LogP contribution is 2.19. The zero-order valence-electron chi connectivity index (χ0n) is 8.10. The summed E-state index contributed by atoms with van der Waals surface area (Å²) >= 11 is 0. The Hall–Kier alpha value is -1.27. The lowest BCUT2D eigenvalue weighted by Gasteiger charge is -2.31. The molecule has 1 aliphatic heterocycles. The molecule has 1 saturated heterocycles. The summed E-state index contributed by atoms with van der Waals surface area (Å²) in [5.74, 6) is -0.775. The van der Waals surface area contributed by atoms with Crippen molar-refractivity contribution in [3.63, 3.8) is 0 Å². The molecule has 7 heteroatoms. The Bertz CT molecular complexity index is 260. The molecular weight excluding hydrogens is 213 g/mol. The normalized spacial score (nSPS) is 22.9. The smallest absolute Gasteiger partial charge is 0.334 e. The van der Waals surface area contributed by atoms with Crippen molar-refractivity contribution in [2.45, 2.75) is 32.0 Å². The van der Waals surface area contributed by atoms with E-state index >= 15 is 0 Å². The maximum atomic E-state index is 12.0. The molecule has 4 nitrogen and oxygen atoms in total. The van der Waals surface area contributed by atoms with Crippen molar-refractivity contribution in [2.24, 2.45) is 0 Å². The first-order chi connectivity index (χ1) is 6.83. The van der Waals surface area contributed by atoms with E-state index in [1.165, 1.54) is 0 Å². The van der Waals surface area contributed by atoms with Crippen LogP contribution in [0.1, 0.15) is 19.8 Å². The summed E-state index contributed by atoms with van der Waals surface area (Å²) in [6, 6.07) is -1.31. The number of amides is 3. The molecule has 0 aromatic carbocycles. The summed E-state index contributed by atoms with van der Waals surface area (Å²) in [5.41, 5.74) is 0. The summed E-state index contributed by atoms with van der Waals surface area (Å²) in [7, 11) is 0. The molecular formula is C8H11F3N2O2. The fourth-order valence-electron chi connectivity index (χ4n) is 1.32. The molecule has 1 rings (SSSR count). The second-order valence-corrected chi connectivity index (χ2v) is 3.35. The van der Waals surface area contributed by atoms with Crippen molar-refractivity contribution >= 4 is 11.9 Å². The molecule has 0 aromatic heterocycles. The van der Waals surface area contributed by atoms with Crippen LogP contribution in [0.25, 0.3) is 0 Å². The Balaban J connectivity index is 2.67. The van der Waals surface area contributed by atoms with E-state index in [9.17, 15) is 22.8 Å². The van der Waals surface area contributed by atoms with Gasteiger partial charge in [0, 0.05) is 12.5 Å². The highest BCUT2D eigenvalue weighted by atomic mass is 19.4. The Morgan fingerprint density at radius 3 is 2.47 bits per heavy atom. The molecule has 1 atom stereocenters. The number of nitrogens with zero attached hydrogens (tertiary/aromatic N) is 1. The minimum Gasteiger partial charge on any atom is -0.334 e. The van der Waals surface area contributed by atoms with E-state index in [1.54, 1.807) is 6.92 Å². The number of alkyl halides is 3. The molecule has 0 aliphatic carbocycles. The fourth-order valence-corrected chi connectivity index (χ4v) is 1.32. The second-order valence-electron chi connectivity index (χ2n) is 3.35. The third-order valence-corrected chi connectivity index (χ3v) is 2.13. The molecule has 1 unspecified atom stereocenters. The molecule has 3 amide bonds. The van der Waals surface area contributed by atoms with E-state index in [0.717, 1.165) is 0 Å². The van der Waals surface area contributed by atoms with E-state index in [1.807, 2.05) is 0 Å². The van der Waals surface area contributed by atoms with Gasteiger partial charge in [-0.05, 0) is 6.42 Å². The van der Waals surface area contributed by atoms with Gasteiger partial charge in [0.25, 0.3) is 0 Å². The number of imide groups is 1. The van der Waals surface area contributed by atoms with E-state index < -0.39 is 24.7 Å². The Labute approximate surface area is 84.4 Å². The van der Waals surface area contributed by atoms with Crippen LogP contribution in [0.3, 0.4) is 0 Å². The van der Waals surface area contributed by atoms with Crippen LogP contribution in [0.15, 0.2) is 0 Å². The van der Waals surface area contributed by atoms with Crippen molar-refractivity contribution in [1.82, 2.24) is 10.2 Å². The minimum absolute atomic E-state index is 0.0711. The quantitative estimate of drug-likeness (QED) is 0.767. The van der Waals surface area contributed by atoms with E-state index in [2.05, 4.69) is 5.32 Å². The second kappa shape index (κ2) is 4.08. The van der Waals surface area contributed by atoms with Gasteiger partial charge < -0.3 is 5.32 Å². The van der Waals surface area contributed by atoms with Crippen LogP contribution >= 0.6 is 0 Å². The molecule has 1 fully saturated rings. The molecule has 1 N–H and O–H groups in total. The van der Waals surface area contributed by atoms with E-state index in [4.69, 9.17) is 0 Å². The van der Waals surface area contributed by atoms with Crippen LogP contribution in [0, 0.1) is 0 Å². The Kier molecular flexibility index (Phi) is 3.21. The summed E-state index contributed by atoms with van der Waals surface area (Å²) in [4.78, 5) is 22.6. The van der Waals surface area contributed by atoms with Gasteiger partial charge >= 0.3 is 12.2 Å². The maximum Gasteiger partial charge on any atom is 0.406 e. The van der Waals surface area contributed by atoms with Gasteiger partial charge in [-0.1, -0.05) is 6.92 Å². The van der Waals surface area contributed by atoms with Crippen molar-refractivity contribution in [3.8, 4) is 0 Å². The lowest BCUT2D eigenvalue weighted by Crippen LogP contribution is -2.56. The monoisotopic (exact) mass is 224 g/mol. The third-order valence-electron chi connectivity index (χ3n) is 2.13. The fraction of sp³-hybridized carbons (Fsp3) is 0.750. The number of urea groups is 1. The first-order valence-electron chi connectivity index (χ1n) is 4.51. The van der Waals surface area contributed by atoms with Crippen LogP contribution in [0.4, 0.5) is 18.0 Å². The topological polar surface area (TPSA) is 49.4 Å². The zero-order valence-corrected chi connectivity index (χ0v) is 8.10. The molecule has 0 aromatic rings. The summed E-state index contributed by atoms with van der Waals surface area (Å²) < 4.78 is 36.0. The Morgan fingerprint density at radius 2 is 2.07 bits per heavy atom.